The molecule has 1 aromatic carbocycles. The molecule has 1 amide bonds. The lowest BCUT2D eigenvalue weighted by molar-refractivity contribution is -0.118. The van der Waals surface area contributed by atoms with Crippen molar-refractivity contribution in [3.8, 4) is 5.69 Å². The molecule has 0 fully saturated rings. The number of imidazole rings is 1. The Morgan fingerprint density at radius 3 is 2.88 bits per heavy atom. The van der Waals surface area contributed by atoms with Gasteiger partial charge in [-0.15, -0.1) is 0 Å². The second-order valence-corrected chi connectivity index (χ2v) is 7.11. The number of carbonyl (C=O) groups is 1. The zero-order valence-electron chi connectivity index (χ0n) is 14.9. The lowest BCUT2D eigenvalue weighted by Gasteiger charge is -2.12. The molecule has 0 saturated heterocycles. The summed E-state index contributed by atoms with van der Waals surface area (Å²) in [6.45, 7) is 5.85. The van der Waals surface area contributed by atoms with Crippen molar-refractivity contribution in [3.63, 3.8) is 0 Å². The third-order valence-electron chi connectivity index (χ3n) is 3.67. The summed E-state index contributed by atoms with van der Waals surface area (Å²) in [5.41, 5.74) is 3.51. The molecule has 0 saturated carbocycles. The van der Waals surface area contributed by atoms with Gasteiger partial charge in [0.2, 0.25) is 5.91 Å². The summed E-state index contributed by atoms with van der Waals surface area (Å²) in [4.78, 5) is 18.5. The largest absolute Gasteiger partial charge is 0.355 e. The Bertz CT molecular complexity index is 681. The number of aryl methyl sites for hydroxylation is 2. The van der Waals surface area contributed by atoms with Gasteiger partial charge in [-0.1, -0.05) is 23.9 Å². The molecule has 0 unspecified atom stereocenters. The van der Waals surface area contributed by atoms with Crippen LogP contribution in [-0.4, -0.2) is 53.3 Å². The van der Waals surface area contributed by atoms with Crippen molar-refractivity contribution < 1.29 is 4.79 Å². The van der Waals surface area contributed by atoms with Crippen molar-refractivity contribution in [2.75, 3.05) is 32.9 Å². The second kappa shape index (κ2) is 8.89. The summed E-state index contributed by atoms with van der Waals surface area (Å²) < 4.78 is 2.05. The van der Waals surface area contributed by atoms with Crippen molar-refractivity contribution >= 4 is 17.7 Å². The second-order valence-electron chi connectivity index (χ2n) is 6.17. The van der Waals surface area contributed by atoms with Crippen LogP contribution in [0, 0.1) is 13.8 Å². The van der Waals surface area contributed by atoms with Crippen LogP contribution in [0.25, 0.3) is 5.69 Å². The van der Waals surface area contributed by atoms with Crippen LogP contribution in [0.5, 0.6) is 0 Å². The van der Waals surface area contributed by atoms with Crippen molar-refractivity contribution in [2.45, 2.75) is 25.4 Å². The Morgan fingerprint density at radius 2 is 2.12 bits per heavy atom. The molecule has 0 radical (unpaired) electrons. The number of nitrogens with one attached hydrogen (secondary N) is 1. The van der Waals surface area contributed by atoms with E-state index in [1.54, 1.807) is 6.20 Å². The maximum absolute atomic E-state index is 12.0. The molecule has 0 aliphatic rings. The molecule has 2 aromatic rings. The molecule has 6 heteroatoms. The molecule has 1 heterocycles. The van der Waals surface area contributed by atoms with Gasteiger partial charge in [0.1, 0.15) is 0 Å². The molecular formula is C18H26N4OS. The molecule has 0 bridgehead atoms. The Hall–Kier alpha value is -1.79. The third-order valence-corrected chi connectivity index (χ3v) is 4.63. The van der Waals surface area contributed by atoms with Crippen molar-refractivity contribution in [1.82, 2.24) is 19.8 Å². The molecule has 0 aliphatic heterocycles. The Morgan fingerprint density at radius 1 is 1.33 bits per heavy atom. The number of rotatable bonds is 8. The summed E-state index contributed by atoms with van der Waals surface area (Å²) >= 11 is 1.46. The van der Waals surface area contributed by atoms with E-state index in [9.17, 15) is 4.79 Å². The Balaban J connectivity index is 1.92. The average molecular weight is 347 g/mol. The SMILES string of the molecule is Cc1ccc(C)c(-n2ccnc2SCC(=O)NCCCN(C)C)c1. The first kappa shape index (κ1) is 18.5. The molecule has 0 atom stereocenters. The fourth-order valence-electron chi connectivity index (χ4n) is 2.36. The highest BCUT2D eigenvalue weighted by molar-refractivity contribution is 7.99. The highest BCUT2D eigenvalue weighted by Gasteiger charge is 2.10. The summed E-state index contributed by atoms with van der Waals surface area (Å²) in [6.07, 6.45) is 4.68. The van der Waals surface area contributed by atoms with Gasteiger partial charge >= 0.3 is 0 Å². The van der Waals surface area contributed by atoms with E-state index in [0.29, 0.717) is 12.3 Å². The van der Waals surface area contributed by atoms with E-state index in [0.717, 1.165) is 23.8 Å². The van der Waals surface area contributed by atoms with E-state index in [1.165, 1.54) is 22.9 Å². The standard InChI is InChI=1S/C18H26N4OS/c1-14-6-7-15(2)16(12-14)22-11-9-20-18(22)24-13-17(23)19-8-5-10-21(3)4/h6-7,9,11-12H,5,8,10,13H2,1-4H3,(H,19,23). The quantitative estimate of drug-likeness (QED) is 0.590. The van der Waals surface area contributed by atoms with E-state index in [2.05, 4.69) is 47.2 Å². The van der Waals surface area contributed by atoms with Crippen LogP contribution < -0.4 is 5.32 Å². The molecule has 0 spiro atoms. The van der Waals surface area contributed by atoms with Gasteiger partial charge in [0, 0.05) is 18.9 Å². The smallest absolute Gasteiger partial charge is 0.230 e. The fourth-order valence-corrected chi connectivity index (χ4v) is 3.16. The topological polar surface area (TPSA) is 50.2 Å². The van der Waals surface area contributed by atoms with Crippen molar-refractivity contribution in [2.24, 2.45) is 0 Å². The molecule has 0 aliphatic carbocycles. The number of carbonyl (C=O) groups excluding carboxylic acids is 1. The minimum Gasteiger partial charge on any atom is -0.355 e. The monoisotopic (exact) mass is 346 g/mol. The highest BCUT2D eigenvalue weighted by Crippen LogP contribution is 2.23. The predicted molar refractivity (Wildman–Crippen MR) is 99.9 cm³/mol. The maximum Gasteiger partial charge on any atom is 0.230 e. The number of hydrogen-bond acceptors (Lipinski definition) is 4. The minimum absolute atomic E-state index is 0.0503. The zero-order chi connectivity index (χ0) is 17.5. The van der Waals surface area contributed by atoms with Crippen LogP contribution in [0.1, 0.15) is 17.5 Å². The van der Waals surface area contributed by atoms with Gasteiger partial charge in [-0.25, -0.2) is 4.98 Å². The summed E-state index contributed by atoms with van der Waals surface area (Å²) in [6, 6.07) is 6.35. The van der Waals surface area contributed by atoms with E-state index >= 15 is 0 Å². The number of aromatic nitrogens is 2. The normalized spacial score (nSPS) is 11.0. The molecule has 24 heavy (non-hydrogen) atoms. The van der Waals surface area contributed by atoms with Crippen molar-refractivity contribution in [3.05, 3.63) is 41.7 Å². The fraction of sp³-hybridized carbons (Fsp3) is 0.444. The summed E-state index contributed by atoms with van der Waals surface area (Å²) in [5, 5.41) is 3.80. The lowest BCUT2D eigenvalue weighted by Crippen LogP contribution is -2.28. The van der Waals surface area contributed by atoms with Crippen LogP contribution in [0.4, 0.5) is 0 Å². The molecular weight excluding hydrogens is 320 g/mol. The van der Waals surface area contributed by atoms with Gasteiger partial charge in [0.05, 0.1) is 11.4 Å². The van der Waals surface area contributed by atoms with Crippen LogP contribution in [0.15, 0.2) is 35.7 Å². The number of thioether (sulfide) groups is 1. The average Bonchev–Trinajstić information content (AvgIpc) is 3.00. The maximum atomic E-state index is 12.0. The Kier molecular flexibility index (Phi) is 6.87. The first-order valence-corrected chi connectivity index (χ1v) is 9.11. The lowest BCUT2D eigenvalue weighted by atomic mass is 10.1. The molecule has 1 N–H and O–H groups in total. The van der Waals surface area contributed by atoms with E-state index in [-0.39, 0.29) is 5.91 Å². The van der Waals surface area contributed by atoms with E-state index in [4.69, 9.17) is 0 Å². The van der Waals surface area contributed by atoms with Crippen LogP contribution in [0.2, 0.25) is 0 Å². The predicted octanol–water partition coefficient (Wildman–Crippen LogP) is 2.65. The van der Waals surface area contributed by atoms with Gasteiger partial charge in [0.15, 0.2) is 5.16 Å². The van der Waals surface area contributed by atoms with E-state index < -0.39 is 0 Å². The van der Waals surface area contributed by atoms with Crippen LogP contribution >= 0.6 is 11.8 Å². The first-order chi connectivity index (χ1) is 11.5. The van der Waals surface area contributed by atoms with Gasteiger partial charge in [-0.3, -0.25) is 9.36 Å². The van der Waals surface area contributed by atoms with Crippen LogP contribution in [0.3, 0.4) is 0 Å². The molecule has 2 rings (SSSR count). The summed E-state index contributed by atoms with van der Waals surface area (Å²) in [5.74, 6) is 0.429. The number of hydrogen-bond donors (Lipinski definition) is 1. The molecule has 1 aromatic heterocycles. The van der Waals surface area contributed by atoms with Crippen molar-refractivity contribution in [1.29, 1.82) is 0 Å². The number of nitrogens with zero attached hydrogens (tertiary/aromatic N) is 3. The summed E-state index contributed by atoms with van der Waals surface area (Å²) in [7, 11) is 4.07. The van der Waals surface area contributed by atoms with Gasteiger partial charge in [-0.2, -0.15) is 0 Å². The molecule has 130 valence electrons. The minimum atomic E-state index is 0.0503. The first-order valence-electron chi connectivity index (χ1n) is 8.12. The highest BCUT2D eigenvalue weighted by atomic mass is 32.2. The zero-order valence-corrected chi connectivity index (χ0v) is 15.7. The number of amides is 1. The van der Waals surface area contributed by atoms with Gasteiger partial charge in [0.25, 0.3) is 0 Å². The Labute approximate surface area is 148 Å². The number of benzene rings is 1. The van der Waals surface area contributed by atoms with Gasteiger partial charge < -0.3 is 10.2 Å². The van der Waals surface area contributed by atoms with E-state index in [1.807, 2.05) is 24.9 Å². The van der Waals surface area contributed by atoms with Gasteiger partial charge in [-0.05, 0) is 58.1 Å². The third kappa shape index (κ3) is 5.39. The molecule has 5 nitrogen and oxygen atoms in total. The van der Waals surface area contributed by atoms with Crippen LogP contribution in [-0.2, 0) is 4.79 Å².